The molecule has 14 heavy (non-hydrogen) atoms. The minimum Gasteiger partial charge on any atom is -0.366 e. The van der Waals surface area contributed by atoms with Crippen molar-refractivity contribution in [2.24, 2.45) is 0 Å². The van der Waals surface area contributed by atoms with Crippen molar-refractivity contribution in [2.45, 2.75) is 6.61 Å². The molecule has 1 N–H and O–H groups in total. The number of hydrogen-bond donors (Lipinski definition) is 1. The van der Waals surface area contributed by atoms with Crippen LogP contribution in [0, 0.1) is 0 Å². The Labute approximate surface area is 87.5 Å². The largest absolute Gasteiger partial charge is 0.366 e. The molecular formula is C9H14N2O2S. The molecule has 1 aromatic heterocycles. The van der Waals surface area contributed by atoms with Crippen LogP contribution in [0.4, 0.5) is 0 Å². The number of hydrazine groups is 1. The fourth-order valence-electron chi connectivity index (χ4n) is 0.921. The first-order chi connectivity index (χ1) is 6.68. The van der Waals surface area contributed by atoms with Gasteiger partial charge in [0.25, 0.3) is 5.91 Å². The third-order valence-electron chi connectivity index (χ3n) is 1.41. The first kappa shape index (κ1) is 11.2. The van der Waals surface area contributed by atoms with Gasteiger partial charge in [-0.2, -0.15) is 0 Å². The third kappa shape index (κ3) is 4.36. The van der Waals surface area contributed by atoms with E-state index in [2.05, 4.69) is 5.43 Å². The van der Waals surface area contributed by atoms with E-state index < -0.39 is 0 Å². The van der Waals surface area contributed by atoms with Crippen LogP contribution in [0.5, 0.6) is 0 Å². The van der Waals surface area contributed by atoms with Crippen molar-refractivity contribution in [3.63, 3.8) is 0 Å². The van der Waals surface area contributed by atoms with Gasteiger partial charge in [-0.25, -0.2) is 5.01 Å². The van der Waals surface area contributed by atoms with Gasteiger partial charge in [-0.3, -0.25) is 10.2 Å². The Morgan fingerprint density at radius 2 is 2.43 bits per heavy atom. The van der Waals surface area contributed by atoms with Crippen molar-refractivity contribution in [1.82, 2.24) is 10.4 Å². The maximum absolute atomic E-state index is 11.1. The first-order valence-corrected chi connectivity index (χ1v) is 5.13. The van der Waals surface area contributed by atoms with E-state index in [4.69, 9.17) is 4.74 Å². The van der Waals surface area contributed by atoms with Crippen LogP contribution in [0.2, 0.25) is 0 Å². The molecular weight excluding hydrogens is 200 g/mol. The first-order valence-electron chi connectivity index (χ1n) is 4.25. The molecule has 0 atom stereocenters. The molecule has 0 aromatic carbocycles. The van der Waals surface area contributed by atoms with E-state index >= 15 is 0 Å². The van der Waals surface area contributed by atoms with Crippen molar-refractivity contribution in [3.8, 4) is 0 Å². The molecule has 0 unspecified atom stereocenters. The summed E-state index contributed by atoms with van der Waals surface area (Å²) in [6, 6.07) is 3.94. The number of rotatable bonds is 5. The normalized spacial score (nSPS) is 10.5. The molecule has 5 heteroatoms. The average molecular weight is 214 g/mol. The van der Waals surface area contributed by atoms with Crippen molar-refractivity contribution >= 4 is 17.2 Å². The van der Waals surface area contributed by atoms with Crippen molar-refractivity contribution < 1.29 is 9.53 Å². The predicted octanol–water partition coefficient (Wildman–Crippen LogP) is 0.857. The van der Waals surface area contributed by atoms with E-state index in [1.54, 1.807) is 30.4 Å². The second-order valence-electron chi connectivity index (χ2n) is 3.00. The zero-order valence-corrected chi connectivity index (χ0v) is 9.13. The number of hydrogen-bond acceptors (Lipinski definition) is 4. The number of nitrogens with one attached hydrogen (secondary N) is 1. The third-order valence-corrected chi connectivity index (χ3v) is 2.26. The fourth-order valence-corrected chi connectivity index (χ4v) is 1.56. The van der Waals surface area contributed by atoms with E-state index in [1.165, 1.54) is 0 Å². The van der Waals surface area contributed by atoms with Gasteiger partial charge in [-0.05, 0) is 11.4 Å². The summed E-state index contributed by atoms with van der Waals surface area (Å²) in [5.41, 5.74) is 2.60. The Balaban J connectivity index is 2.12. The zero-order valence-electron chi connectivity index (χ0n) is 8.32. The topological polar surface area (TPSA) is 41.6 Å². The summed E-state index contributed by atoms with van der Waals surface area (Å²) in [6.45, 7) is 0.592. The maximum Gasteiger partial charge on any atom is 0.260 e. The molecule has 0 radical (unpaired) electrons. The molecule has 0 aliphatic heterocycles. The van der Waals surface area contributed by atoms with E-state index in [0.717, 1.165) is 4.88 Å². The molecule has 1 rings (SSSR count). The molecule has 4 nitrogen and oxygen atoms in total. The standard InChI is InChI=1S/C9H14N2O2S/c1-11(2)10-9(12)7-13-6-8-4-3-5-14-8/h3-5H,6-7H2,1-2H3,(H,10,12). The lowest BCUT2D eigenvalue weighted by Crippen LogP contribution is -2.38. The Bertz CT molecular complexity index is 272. The number of ether oxygens (including phenoxy) is 1. The van der Waals surface area contributed by atoms with E-state index in [9.17, 15) is 4.79 Å². The van der Waals surface area contributed by atoms with Crippen LogP contribution in [-0.2, 0) is 16.1 Å². The van der Waals surface area contributed by atoms with Crippen LogP contribution in [0.25, 0.3) is 0 Å². The lowest BCUT2D eigenvalue weighted by atomic mass is 10.5. The summed E-state index contributed by atoms with van der Waals surface area (Å²) >= 11 is 1.62. The SMILES string of the molecule is CN(C)NC(=O)COCc1cccs1. The van der Waals surface area contributed by atoms with E-state index in [0.29, 0.717) is 6.61 Å². The molecule has 78 valence electrons. The predicted molar refractivity (Wildman–Crippen MR) is 55.8 cm³/mol. The molecule has 1 amide bonds. The number of carbonyl (C=O) groups excluding carboxylic acids is 1. The molecule has 0 fully saturated rings. The van der Waals surface area contributed by atoms with Gasteiger partial charge in [0.15, 0.2) is 0 Å². The van der Waals surface area contributed by atoms with Gasteiger partial charge in [-0.1, -0.05) is 6.07 Å². The van der Waals surface area contributed by atoms with Crippen LogP contribution in [-0.4, -0.2) is 31.6 Å². The second kappa shape index (κ2) is 5.74. The van der Waals surface area contributed by atoms with Gasteiger partial charge in [-0.15, -0.1) is 11.3 Å². The monoisotopic (exact) mass is 214 g/mol. The highest BCUT2D eigenvalue weighted by Gasteiger charge is 2.02. The summed E-state index contributed by atoms with van der Waals surface area (Å²) in [4.78, 5) is 12.2. The van der Waals surface area contributed by atoms with Crippen molar-refractivity contribution in [1.29, 1.82) is 0 Å². The summed E-state index contributed by atoms with van der Waals surface area (Å²) in [5, 5.41) is 3.58. The lowest BCUT2D eigenvalue weighted by Gasteiger charge is -2.11. The summed E-state index contributed by atoms with van der Waals surface area (Å²) < 4.78 is 5.21. The highest BCUT2D eigenvalue weighted by Crippen LogP contribution is 2.08. The fraction of sp³-hybridized carbons (Fsp3) is 0.444. The van der Waals surface area contributed by atoms with E-state index in [-0.39, 0.29) is 12.5 Å². The van der Waals surface area contributed by atoms with Gasteiger partial charge in [0, 0.05) is 19.0 Å². The Kier molecular flexibility index (Phi) is 4.58. The minimum atomic E-state index is -0.133. The summed E-state index contributed by atoms with van der Waals surface area (Å²) in [5.74, 6) is -0.133. The number of amides is 1. The molecule has 0 saturated heterocycles. The molecule has 0 saturated carbocycles. The Hall–Kier alpha value is -0.910. The molecule has 0 bridgehead atoms. The molecule has 0 aliphatic carbocycles. The number of nitrogens with zero attached hydrogens (tertiary/aromatic N) is 1. The zero-order chi connectivity index (χ0) is 10.4. The average Bonchev–Trinajstić information content (AvgIpc) is 2.55. The van der Waals surface area contributed by atoms with Crippen LogP contribution >= 0.6 is 11.3 Å². The number of thiophene rings is 1. The van der Waals surface area contributed by atoms with E-state index in [1.807, 2.05) is 17.5 Å². The maximum atomic E-state index is 11.1. The van der Waals surface area contributed by atoms with Crippen molar-refractivity contribution in [3.05, 3.63) is 22.4 Å². The second-order valence-corrected chi connectivity index (χ2v) is 4.03. The van der Waals surface area contributed by atoms with Crippen molar-refractivity contribution in [2.75, 3.05) is 20.7 Å². The molecule has 1 aromatic rings. The van der Waals surface area contributed by atoms with Crippen LogP contribution in [0.15, 0.2) is 17.5 Å². The van der Waals surface area contributed by atoms with Crippen LogP contribution in [0.3, 0.4) is 0 Å². The van der Waals surface area contributed by atoms with Crippen LogP contribution in [0.1, 0.15) is 4.88 Å². The Morgan fingerprint density at radius 3 is 3.00 bits per heavy atom. The molecule has 0 spiro atoms. The summed E-state index contributed by atoms with van der Waals surface area (Å²) in [7, 11) is 3.52. The van der Waals surface area contributed by atoms with Gasteiger partial charge >= 0.3 is 0 Å². The van der Waals surface area contributed by atoms with Gasteiger partial charge in [0.1, 0.15) is 6.61 Å². The Morgan fingerprint density at radius 1 is 1.64 bits per heavy atom. The lowest BCUT2D eigenvalue weighted by molar-refractivity contribution is -0.129. The van der Waals surface area contributed by atoms with Gasteiger partial charge < -0.3 is 4.74 Å². The quantitative estimate of drug-likeness (QED) is 0.739. The van der Waals surface area contributed by atoms with Gasteiger partial charge in [0.2, 0.25) is 0 Å². The smallest absolute Gasteiger partial charge is 0.260 e. The van der Waals surface area contributed by atoms with Crippen LogP contribution < -0.4 is 5.43 Å². The highest BCUT2D eigenvalue weighted by molar-refractivity contribution is 7.09. The highest BCUT2D eigenvalue weighted by atomic mass is 32.1. The van der Waals surface area contributed by atoms with Gasteiger partial charge in [0.05, 0.1) is 6.61 Å². The summed E-state index contributed by atoms with van der Waals surface area (Å²) in [6.07, 6.45) is 0. The molecule has 1 heterocycles. The minimum absolute atomic E-state index is 0.0933. The molecule has 0 aliphatic rings. The number of carbonyl (C=O) groups is 1.